The molecule has 0 aromatic carbocycles. The van der Waals surface area contributed by atoms with Gasteiger partial charge in [-0.15, -0.1) is 0 Å². The molecule has 2 N–H and O–H groups in total. The predicted octanol–water partition coefficient (Wildman–Crippen LogP) is 1.89. The van der Waals surface area contributed by atoms with Crippen molar-refractivity contribution in [2.24, 2.45) is 5.92 Å². The Labute approximate surface area is 121 Å². The van der Waals surface area contributed by atoms with Crippen LogP contribution < -0.4 is 10.1 Å². The zero-order chi connectivity index (χ0) is 15.3. The quantitative estimate of drug-likeness (QED) is 0.653. The maximum Gasteiger partial charge on any atom is 0.299 e. The largest absolute Gasteiger partial charge is 0.468 e. The summed E-state index contributed by atoms with van der Waals surface area (Å²) in [4.78, 5) is 4.38. The van der Waals surface area contributed by atoms with E-state index >= 15 is 0 Å². The fraction of sp³-hybridized carbons (Fsp3) is 0.667. The van der Waals surface area contributed by atoms with Crippen molar-refractivity contribution >= 4 is 0 Å². The lowest BCUT2D eigenvalue weighted by Crippen LogP contribution is -2.26. The molecular weight excluding hydrogens is 254 g/mol. The molecule has 1 aromatic heterocycles. The number of imidazole rings is 1. The van der Waals surface area contributed by atoms with E-state index in [1.54, 1.807) is 10.8 Å². The van der Waals surface area contributed by atoms with Crippen LogP contribution >= 0.6 is 0 Å². The number of methoxy groups -OCH3 is 1. The molecule has 0 aliphatic heterocycles. The first-order chi connectivity index (χ1) is 9.25. The first-order valence-electron chi connectivity index (χ1n) is 6.79. The number of aromatic nitrogens is 2. The molecule has 0 bridgehead atoms. The van der Waals surface area contributed by atoms with Gasteiger partial charge in [0, 0.05) is 17.5 Å². The minimum Gasteiger partial charge on any atom is -0.468 e. The number of ether oxygens (including phenoxy) is 1. The number of hydrogen-bond donors (Lipinski definition) is 2. The van der Waals surface area contributed by atoms with Crippen molar-refractivity contribution in [3.63, 3.8) is 0 Å². The number of nitrogens with zero attached hydrogens (tertiary/aromatic N) is 2. The van der Waals surface area contributed by atoms with Gasteiger partial charge in [-0.3, -0.25) is 9.88 Å². The van der Waals surface area contributed by atoms with E-state index in [0.717, 1.165) is 5.69 Å². The van der Waals surface area contributed by atoms with Crippen molar-refractivity contribution in [1.82, 2.24) is 14.9 Å². The van der Waals surface area contributed by atoms with Gasteiger partial charge in [0.1, 0.15) is 0 Å². The minimum absolute atomic E-state index is 0.101. The summed E-state index contributed by atoms with van der Waals surface area (Å²) in [6, 6.07) is 0.381. The maximum atomic E-state index is 10.1. The van der Waals surface area contributed by atoms with Crippen molar-refractivity contribution in [3.8, 4) is 17.9 Å². The summed E-state index contributed by atoms with van der Waals surface area (Å²) in [5.41, 5.74) is 0.763. The molecule has 20 heavy (non-hydrogen) atoms. The van der Waals surface area contributed by atoms with Gasteiger partial charge in [-0.05, 0) is 0 Å². The van der Waals surface area contributed by atoms with Crippen LogP contribution in [0.1, 0.15) is 46.7 Å². The Balaban J connectivity index is 2.80. The molecule has 1 heterocycles. The Hall–Kier alpha value is -1.51. The van der Waals surface area contributed by atoms with Crippen molar-refractivity contribution in [1.29, 1.82) is 0 Å². The molecule has 0 aliphatic carbocycles. The third-order valence-electron chi connectivity index (χ3n) is 2.68. The minimum atomic E-state index is -0.907. The zero-order valence-electron chi connectivity index (χ0n) is 13.2. The molecule has 0 spiro atoms. The Morgan fingerprint density at radius 1 is 1.45 bits per heavy atom. The van der Waals surface area contributed by atoms with Gasteiger partial charge in [-0.1, -0.05) is 46.5 Å². The van der Waals surface area contributed by atoms with E-state index in [1.165, 1.54) is 7.11 Å². The van der Waals surface area contributed by atoms with Crippen LogP contribution in [0.5, 0.6) is 6.01 Å². The number of rotatable bonds is 4. The molecule has 0 radical (unpaired) electrons. The standard InChI is InChI=1S/C15H25N3O2/c1-11(2)8-7-9-16-13(19)18-10-12(15(3,4)5)17-14(18)20-6/h10-11,13,16,19H,9H2,1-6H3. The van der Waals surface area contributed by atoms with E-state index in [9.17, 15) is 5.11 Å². The molecule has 5 heteroatoms. The fourth-order valence-electron chi connectivity index (χ4n) is 1.56. The van der Waals surface area contributed by atoms with Gasteiger partial charge < -0.3 is 9.84 Å². The van der Waals surface area contributed by atoms with Crippen molar-refractivity contribution in [2.45, 2.75) is 46.4 Å². The second kappa shape index (κ2) is 6.78. The molecule has 112 valence electrons. The predicted molar refractivity (Wildman–Crippen MR) is 79.4 cm³/mol. The number of nitrogens with one attached hydrogen (secondary N) is 1. The lowest BCUT2D eigenvalue weighted by atomic mass is 9.93. The highest BCUT2D eigenvalue weighted by Gasteiger charge is 2.22. The molecule has 0 amide bonds. The molecule has 1 aromatic rings. The summed E-state index contributed by atoms with van der Waals surface area (Å²) < 4.78 is 6.77. The summed E-state index contributed by atoms with van der Waals surface area (Å²) in [6.45, 7) is 10.6. The lowest BCUT2D eigenvalue weighted by Gasteiger charge is -2.15. The van der Waals surface area contributed by atoms with Crippen molar-refractivity contribution in [3.05, 3.63) is 11.9 Å². The average Bonchev–Trinajstić information content (AvgIpc) is 2.78. The van der Waals surface area contributed by atoms with Gasteiger partial charge in [0.2, 0.25) is 0 Å². The summed E-state index contributed by atoms with van der Waals surface area (Å²) in [5.74, 6) is 6.32. The van der Waals surface area contributed by atoms with Crippen LogP contribution in [0, 0.1) is 17.8 Å². The van der Waals surface area contributed by atoms with Gasteiger partial charge in [-0.25, -0.2) is 0 Å². The highest BCUT2D eigenvalue weighted by Crippen LogP contribution is 2.25. The van der Waals surface area contributed by atoms with Crippen LogP contribution in [0.4, 0.5) is 0 Å². The van der Waals surface area contributed by atoms with Crippen LogP contribution in [-0.4, -0.2) is 28.3 Å². The number of aliphatic hydroxyl groups is 1. The van der Waals surface area contributed by atoms with E-state index in [1.807, 2.05) is 13.8 Å². The molecule has 0 saturated carbocycles. The van der Waals surface area contributed by atoms with Crippen LogP contribution in [0.3, 0.4) is 0 Å². The van der Waals surface area contributed by atoms with E-state index in [-0.39, 0.29) is 5.41 Å². The van der Waals surface area contributed by atoms with Crippen molar-refractivity contribution < 1.29 is 9.84 Å². The fourth-order valence-corrected chi connectivity index (χ4v) is 1.56. The lowest BCUT2D eigenvalue weighted by molar-refractivity contribution is 0.0637. The highest BCUT2D eigenvalue weighted by molar-refractivity contribution is 5.16. The molecule has 5 nitrogen and oxygen atoms in total. The Morgan fingerprint density at radius 3 is 2.60 bits per heavy atom. The molecule has 1 rings (SSSR count). The molecular formula is C15H25N3O2. The van der Waals surface area contributed by atoms with Crippen LogP contribution in [0.15, 0.2) is 6.20 Å². The normalized spacial score (nSPS) is 13.0. The summed E-state index contributed by atoms with van der Waals surface area (Å²) in [5, 5.41) is 13.1. The smallest absolute Gasteiger partial charge is 0.299 e. The van der Waals surface area contributed by atoms with Gasteiger partial charge in [0.25, 0.3) is 6.01 Å². The Morgan fingerprint density at radius 2 is 2.10 bits per heavy atom. The highest BCUT2D eigenvalue weighted by atomic mass is 16.5. The summed E-state index contributed by atoms with van der Waals surface area (Å²) in [6.07, 6.45) is 0.891. The van der Waals surface area contributed by atoms with E-state index in [0.29, 0.717) is 18.5 Å². The van der Waals surface area contributed by atoms with Crippen LogP contribution in [0.25, 0.3) is 0 Å². The van der Waals surface area contributed by atoms with E-state index in [2.05, 4.69) is 42.9 Å². The SMILES string of the molecule is COc1nc(C(C)(C)C)cn1C(O)NCC#CC(C)C. The maximum absolute atomic E-state index is 10.1. The molecule has 1 unspecified atom stereocenters. The van der Waals surface area contributed by atoms with Gasteiger partial charge in [-0.2, -0.15) is 4.98 Å². The topological polar surface area (TPSA) is 59.3 Å². The number of hydrogen-bond acceptors (Lipinski definition) is 4. The molecule has 0 saturated heterocycles. The van der Waals surface area contributed by atoms with Crippen LogP contribution in [-0.2, 0) is 5.41 Å². The van der Waals surface area contributed by atoms with Gasteiger partial charge in [0.15, 0.2) is 6.35 Å². The average molecular weight is 279 g/mol. The van der Waals surface area contributed by atoms with Crippen molar-refractivity contribution in [2.75, 3.05) is 13.7 Å². The zero-order valence-corrected chi connectivity index (χ0v) is 13.2. The third kappa shape index (κ3) is 4.55. The third-order valence-corrected chi connectivity index (χ3v) is 2.68. The Bertz CT molecular complexity index is 489. The second-order valence-electron chi connectivity index (χ2n) is 6.00. The van der Waals surface area contributed by atoms with Gasteiger partial charge in [0.05, 0.1) is 19.3 Å². The number of aliphatic hydroxyl groups excluding tert-OH is 1. The van der Waals surface area contributed by atoms with Crippen LogP contribution in [0.2, 0.25) is 0 Å². The van der Waals surface area contributed by atoms with E-state index in [4.69, 9.17) is 4.74 Å². The summed E-state index contributed by atoms with van der Waals surface area (Å²) in [7, 11) is 1.54. The Kier molecular flexibility index (Phi) is 5.61. The molecule has 1 atom stereocenters. The first kappa shape index (κ1) is 16.5. The summed E-state index contributed by atoms with van der Waals surface area (Å²) >= 11 is 0. The monoisotopic (exact) mass is 279 g/mol. The molecule has 0 fully saturated rings. The second-order valence-corrected chi connectivity index (χ2v) is 6.00. The van der Waals surface area contributed by atoms with E-state index < -0.39 is 6.35 Å². The molecule has 0 aliphatic rings. The van der Waals surface area contributed by atoms with Gasteiger partial charge >= 0.3 is 0 Å². The first-order valence-corrected chi connectivity index (χ1v) is 6.79.